The average molecular weight is 327 g/mol. The van der Waals surface area contributed by atoms with Gasteiger partial charge < -0.3 is 16.0 Å². The van der Waals surface area contributed by atoms with Gasteiger partial charge in [0.05, 0.1) is 0 Å². The molecule has 0 bridgehead atoms. The first-order valence-electron chi connectivity index (χ1n) is 7.01. The molecule has 6 nitrogen and oxygen atoms in total. The number of hydrogen-bond acceptors (Lipinski definition) is 4. The van der Waals surface area contributed by atoms with Crippen LogP contribution in [0.1, 0.15) is 42.1 Å². The van der Waals surface area contributed by atoms with Crippen LogP contribution in [0.3, 0.4) is 0 Å². The van der Waals surface area contributed by atoms with Gasteiger partial charge in [0.25, 0.3) is 5.56 Å². The number of carbonyl (C=O) groups excluding carboxylic acids is 1. The van der Waals surface area contributed by atoms with Crippen molar-refractivity contribution in [3.8, 4) is 6.07 Å². The van der Waals surface area contributed by atoms with E-state index in [-0.39, 0.29) is 35.5 Å². The van der Waals surface area contributed by atoms with Gasteiger partial charge in [-0.3, -0.25) is 9.59 Å². The highest BCUT2D eigenvalue weighted by Crippen LogP contribution is 2.14. The van der Waals surface area contributed by atoms with Gasteiger partial charge in [0.2, 0.25) is 5.91 Å². The second-order valence-corrected chi connectivity index (χ2v) is 5.29. The van der Waals surface area contributed by atoms with Crippen LogP contribution in [0.5, 0.6) is 0 Å². The van der Waals surface area contributed by atoms with E-state index >= 15 is 0 Å². The molecule has 0 radical (unpaired) electrons. The van der Waals surface area contributed by atoms with Crippen molar-refractivity contribution in [3.63, 3.8) is 0 Å². The molecule has 1 rings (SSSR count). The summed E-state index contributed by atoms with van der Waals surface area (Å²) in [6.07, 6.45) is 1.55. The van der Waals surface area contributed by atoms with Gasteiger partial charge in [0, 0.05) is 24.7 Å². The lowest BCUT2D eigenvalue weighted by Crippen LogP contribution is -2.29. The zero-order chi connectivity index (χ0) is 16.0. The fourth-order valence-corrected chi connectivity index (χ4v) is 2.19. The molecule has 0 saturated heterocycles. The summed E-state index contributed by atoms with van der Waals surface area (Å²) in [4.78, 5) is 26.0. The molecule has 1 amide bonds. The van der Waals surface area contributed by atoms with E-state index in [4.69, 9.17) is 11.0 Å². The number of halogens is 1. The number of nitriles is 1. The Labute approximate surface area is 136 Å². The monoisotopic (exact) mass is 326 g/mol. The minimum absolute atomic E-state index is 0. The average Bonchev–Trinajstić information content (AvgIpc) is 2.38. The normalized spacial score (nSPS) is 11.2. The fraction of sp³-hybridized carbons (Fsp3) is 0.533. The van der Waals surface area contributed by atoms with Crippen LogP contribution in [0.15, 0.2) is 4.79 Å². The van der Waals surface area contributed by atoms with Crippen LogP contribution < -0.4 is 16.6 Å². The molecule has 0 aromatic carbocycles. The van der Waals surface area contributed by atoms with Crippen molar-refractivity contribution in [1.29, 1.82) is 5.26 Å². The third kappa shape index (κ3) is 5.51. The Hall–Kier alpha value is -1.84. The van der Waals surface area contributed by atoms with Crippen molar-refractivity contribution < 1.29 is 4.79 Å². The SMILES string of the molecule is Cc1[nH]c(=O)c(C#N)c(C)c1CCC(=O)NCCC(C)N.Cl. The number of aromatic amines is 1. The van der Waals surface area contributed by atoms with Crippen molar-refractivity contribution in [3.05, 3.63) is 32.7 Å². The van der Waals surface area contributed by atoms with Gasteiger partial charge >= 0.3 is 0 Å². The number of H-pyrrole nitrogens is 1. The topological polar surface area (TPSA) is 112 Å². The molecule has 0 aliphatic rings. The third-order valence-corrected chi connectivity index (χ3v) is 3.44. The van der Waals surface area contributed by atoms with E-state index in [1.807, 2.05) is 13.0 Å². The Morgan fingerprint density at radius 2 is 2.09 bits per heavy atom. The number of nitrogens with two attached hydrogens (primary N) is 1. The van der Waals surface area contributed by atoms with Crippen molar-refractivity contribution in [2.75, 3.05) is 6.54 Å². The van der Waals surface area contributed by atoms with Crippen LogP contribution in [-0.2, 0) is 11.2 Å². The number of aromatic nitrogens is 1. The molecule has 1 aromatic rings. The Bertz CT molecular complexity index is 617. The molecule has 7 heteroatoms. The van der Waals surface area contributed by atoms with Crippen molar-refractivity contribution in [2.45, 2.75) is 46.1 Å². The number of carbonyl (C=O) groups is 1. The highest BCUT2D eigenvalue weighted by molar-refractivity contribution is 5.85. The molecule has 22 heavy (non-hydrogen) atoms. The summed E-state index contributed by atoms with van der Waals surface area (Å²) >= 11 is 0. The van der Waals surface area contributed by atoms with Crippen molar-refractivity contribution >= 4 is 18.3 Å². The van der Waals surface area contributed by atoms with Gasteiger partial charge in [-0.1, -0.05) is 0 Å². The minimum Gasteiger partial charge on any atom is -0.356 e. The first-order valence-corrected chi connectivity index (χ1v) is 7.01. The maximum absolute atomic E-state index is 11.8. The van der Waals surface area contributed by atoms with E-state index in [9.17, 15) is 9.59 Å². The van der Waals surface area contributed by atoms with Crippen LogP contribution in [0.2, 0.25) is 0 Å². The molecule has 1 unspecified atom stereocenters. The summed E-state index contributed by atoms with van der Waals surface area (Å²) in [5, 5.41) is 11.8. The largest absolute Gasteiger partial charge is 0.356 e. The molecule has 0 fully saturated rings. The maximum Gasteiger partial charge on any atom is 0.266 e. The lowest BCUT2D eigenvalue weighted by atomic mass is 9.99. The van der Waals surface area contributed by atoms with Gasteiger partial charge in [0.1, 0.15) is 11.6 Å². The second kappa shape index (κ2) is 9.23. The highest BCUT2D eigenvalue weighted by atomic mass is 35.5. The molecule has 122 valence electrons. The molecule has 0 saturated carbocycles. The van der Waals surface area contributed by atoms with Gasteiger partial charge in [0.15, 0.2) is 0 Å². The number of amides is 1. The Morgan fingerprint density at radius 3 is 2.64 bits per heavy atom. The van der Waals surface area contributed by atoms with Crippen molar-refractivity contribution in [1.82, 2.24) is 10.3 Å². The molecule has 0 aliphatic carbocycles. The zero-order valence-corrected chi connectivity index (χ0v) is 14.0. The summed E-state index contributed by atoms with van der Waals surface area (Å²) in [7, 11) is 0. The van der Waals surface area contributed by atoms with Gasteiger partial charge in [-0.05, 0) is 44.7 Å². The van der Waals surface area contributed by atoms with Gasteiger partial charge in [-0.2, -0.15) is 5.26 Å². The molecule has 1 heterocycles. The van der Waals surface area contributed by atoms with E-state index in [1.54, 1.807) is 13.8 Å². The predicted octanol–water partition coefficient (Wildman–Crippen LogP) is 1.07. The first kappa shape index (κ1) is 20.2. The number of pyridine rings is 1. The Morgan fingerprint density at radius 1 is 1.45 bits per heavy atom. The van der Waals surface area contributed by atoms with E-state index in [0.29, 0.717) is 30.6 Å². The van der Waals surface area contributed by atoms with Crippen LogP contribution in [0.4, 0.5) is 0 Å². The first-order chi connectivity index (χ1) is 9.86. The molecular formula is C15H23ClN4O2. The van der Waals surface area contributed by atoms with Crippen LogP contribution in [-0.4, -0.2) is 23.5 Å². The summed E-state index contributed by atoms with van der Waals surface area (Å²) in [5.41, 5.74) is 7.57. The molecular weight excluding hydrogens is 304 g/mol. The Kier molecular flexibility index (Phi) is 8.46. The number of nitrogens with one attached hydrogen (secondary N) is 2. The highest BCUT2D eigenvalue weighted by Gasteiger charge is 2.13. The maximum atomic E-state index is 11.8. The number of hydrogen-bond donors (Lipinski definition) is 3. The van der Waals surface area contributed by atoms with Crippen LogP contribution in [0.25, 0.3) is 0 Å². The van der Waals surface area contributed by atoms with Gasteiger partial charge in [-0.15, -0.1) is 12.4 Å². The molecule has 1 atom stereocenters. The zero-order valence-electron chi connectivity index (χ0n) is 13.2. The van der Waals surface area contributed by atoms with Crippen LogP contribution in [0, 0.1) is 25.2 Å². The molecule has 0 spiro atoms. The summed E-state index contributed by atoms with van der Waals surface area (Å²) in [6.45, 7) is 5.97. The Balaban J connectivity index is 0.00000441. The van der Waals surface area contributed by atoms with Gasteiger partial charge in [-0.25, -0.2) is 0 Å². The molecule has 1 aromatic heterocycles. The van der Waals surface area contributed by atoms with Crippen LogP contribution >= 0.6 is 12.4 Å². The standard InChI is InChI=1S/C15H22N4O2.ClH/c1-9(17)6-7-18-14(20)5-4-12-10(2)13(8-16)15(21)19-11(12)3;/h9H,4-7,17H2,1-3H3,(H,18,20)(H,19,21);1H. The van der Waals surface area contributed by atoms with E-state index < -0.39 is 0 Å². The predicted molar refractivity (Wildman–Crippen MR) is 88.1 cm³/mol. The van der Waals surface area contributed by atoms with E-state index in [1.165, 1.54) is 0 Å². The van der Waals surface area contributed by atoms with Crippen molar-refractivity contribution in [2.24, 2.45) is 5.73 Å². The summed E-state index contributed by atoms with van der Waals surface area (Å²) in [5.74, 6) is -0.0563. The number of aryl methyl sites for hydroxylation is 1. The third-order valence-electron chi connectivity index (χ3n) is 3.44. The number of nitrogens with zero attached hydrogens (tertiary/aromatic N) is 1. The quantitative estimate of drug-likeness (QED) is 0.725. The second-order valence-electron chi connectivity index (χ2n) is 5.29. The van der Waals surface area contributed by atoms with E-state index in [2.05, 4.69) is 10.3 Å². The molecule has 0 aliphatic heterocycles. The number of rotatable bonds is 6. The molecule has 4 N–H and O–H groups in total. The lowest BCUT2D eigenvalue weighted by molar-refractivity contribution is -0.121. The lowest BCUT2D eigenvalue weighted by Gasteiger charge is -2.11. The smallest absolute Gasteiger partial charge is 0.266 e. The van der Waals surface area contributed by atoms with E-state index in [0.717, 1.165) is 12.0 Å². The summed E-state index contributed by atoms with van der Waals surface area (Å²) in [6, 6.07) is 1.97. The summed E-state index contributed by atoms with van der Waals surface area (Å²) < 4.78 is 0. The minimum atomic E-state index is -0.377. The fourth-order valence-electron chi connectivity index (χ4n) is 2.19.